The van der Waals surface area contributed by atoms with Gasteiger partial charge in [-0.15, -0.1) is 0 Å². The Morgan fingerprint density at radius 3 is 2.29 bits per heavy atom. The fourth-order valence-corrected chi connectivity index (χ4v) is 2.44. The molecule has 0 amide bonds. The molecule has 0 unspecified atom stereocenters. The number of hydrogen-bond donors (Lipinski definition) is 0. The molecule has 0 N–H and O–H groups in total. The average Bonchev–Trinajstić information content (AvgIpc) is 2.41. The Balaban J connectivity index is 2.18. The zero-order valence-electron chi connectivity index (χ0n) is 11.2. The van der Waals surface area contributed by atoms with Crippen molar-refractivity contribution in [3.8, 4) is 0 Å². The molecule has 1 nitrogen and oxygen atoms in total. The molecule has 2 aromatic carbocycles. The van der Waals surface area contributed by atoms with Crippen LogP contribution in [0.1, 0.15) is 27.0 Å². The van der Waals surface area contributed by atoms with Gasteiger partial charge in [-0.1, -0.05) is 30.3 Å². The van der Waals surface area contributed by atoms with Crippen molar-refractivity contribution < 1.29 is 18.0 Å². The van der Waals surface area contributed by atoms with E-state index in [0.717, 1.165) is 22.2 Å². The first-order valence-electron chi connectivity index (χ1n) is 6.23. The zero-order valence-corrected chi connectivity index (χ0v) is 12.8. The number of rotatable bonds is 3. The SMILES string of the molecule is Cc1cccc(C(=O)Cc2ccc(C(F)(F)F)cc2)c1Br. The average molecular weight is 357 g/mol. The minimum Gasteiger partial charge on any atom is -0.294 e. The van der Waals surface area contributed by atoms with E-state index in [1.165, 1.54) is 12.1 Å². The highest BCUT2D eigenvalue weighted by Gasteiger charge is 2.30. The number of aryl methyl sites for hydroxylation is 1. The number of alkyl halides is 3. The third-order valence-corrected chi connectivity index (χ3v) is 4.19. The summed E-state index contributed by atoms with van der Waals surface area (Å²) in [5.74, 6) is -0.134. The fourth-order valence-electron chi connectivity index (χ4n) is 1.95. The smallest absolute Gasteiger partial charge is 0.294 e. The highest BCUT2D eigenvalue weighted by molar-refractivity contribution is 9.10. The maximum Gasteiger partial charge on any atom is 0.416 e. The number of hydrogen-bond acceptors (Lipinski definition) is 1. The fraction of sp³-hybridized carbons (Fsp3) is 0.188. The molecule has 0 saturated heterocycles. The van der Waals surface area contributed by atoms with Gasteiger partial charge in [0.1, 0.15) is 0 Å². The first-order valence-corrected chi connectivity index (χ1v) is 7.03. The number of Topliss-reactive ketones (excluding diaryl/α,β-unsaturated/α-hetero) is 1. The molecule has 2 rings (SSSR count). The second-order valence-electron chi connectivity index (χ2n) is 4.73. The van der Waals surface area contributed by atoms with Crippen molar-refractivity contribution in [3.05, 3.63) is 69.2 Å². The van der Waals surface area contributed by atoms with Crippen LogP contribution in [0.5, 0.6) is 0 Å². The van der Waals surface area contributed by atoms with Crippen molar-refractivity contribution in [1.82, 2.24) is 0 Å². The predicted octanol–water partition coefficient (Wildman–Crippen LogP) is 5.20. The van der Waals surface area contributed by atoms with Crippen LogP contribution in [0, 0.1) is 6.92 Å². The van der Waals surface area contributed by atoms with Crippen LogP contribution >= 0.6 is 15.9 Å². The van der Waals surface area contributed by atoms with Crippen molar-refractivity contribution in [2.45, 2.75) is 19.5 Å². The van der Waals surface area contributed by atoms with Crippen LogP contribution in [0.15, 0.2) is 46.9 Å². The molecule has 0 atom stereocenters. The van der Waals surface area contributed by atoms with Crippen LogP contribution in [-0.4, -0.2) is 5.78 Å². The minimum absolute atomic E-state index is 0.0696. The van der Waals surface area contributed by atoms with Crippen molar-refractivity contribution in [2.24, 2.45) is 0 Å². The molecule has 0 aliphatic carbocycles. The monoisotopic (exact) mass is 356 g/mol. The lowest BCUT2D eigenvalue weighted by Crippen LogP contribution is -2.07. The van der Waals surface area contributed by atoms with Gasteiger partial charge in [0.25, 0.3) is 0 Å². The summed E-state index contributed by atoms with van der Waals surface area (Å²) in [5.41, 5.74) is 1.32. The van der Waals surface area contributed by atoms with E-state index in [9.17, 15) is 18.0 Å². The van der Waals surface area contributed by atoms with Crippen LogP contribution in [0.3, 0.4) is 0 Å². The normalized spacial score (nSPS) is 11.5. The Morgan fingerprint density at radius 2 is 1.71 bits per heavy atom. The van der Waals surface area contributed by atoms with Crippen molar-refractivity contribution >= 4 is 21.7 Å². The van der Waals surface area contributed by atoms with Gasteiger partial charge in [-0.05, 0) is 46.1 Å². The third kappa shape index (κ3) is 3.73. The van der Waals surface area contributed by atoms with Gasteiger partial charge in [0.05, 0.1) is 5.56 Å². The predicted molar refractivity (Wildman–Crippen MR) is 78.4 cm³/mol. The molecule has 0 aliphatic rings. The minimum atomic E-state index is -4.36. The highest BCUT2D eigenvalue weighted by atomic mass is 79.9. The van der Waals surface area contributed by atoms with E-state index in [4.69, 9.17) is 0 Å². The summed E-state index contributed by atoms with van der Waals surface area (Å²) >= 11 is 3.36. The maximum absolute atomic E-state index is 12.5. The maximum atomic E-state index is 12.5. The summed E-state index contributed by atoms with van der Waals surface area (Å²) in [6.45, 7) is 1.87. The van der Waals surface area contributed by atoms with E-state index >= 15 is 0 Å². The van der Waals surface area contributed by atoms with Crippen LogP contribution in [-0.2, 0) is 12.6 Å². The second kappa shape index (κ2) is 6.02. The molecule has 110 valence electrons. The number of ketones is 1. The topological polar surface area (TPSA) is 17.1 Å². The first-order chi connectivity index (χ1) is 9.79. The van der Waals surface area contributed by atoms with Gasteiger partial charge in [0, 0.05) is 16.5 Å². The van der Waals surface area contributed by atoms with Gasteiger partial charge in [0.2, 0.25) is 0 Å². The van der Waals surface area contributed by atoms with Crippen LogP contribution in [0.25, 0.3) is 0 Å². The van der Waals surface area contributed by atoms with Crippen molar-refractivity contribution in [3.63, 3.8) is 0 Å². The Kier molecular flexibility index (Phi) is 4.52. The lowest BCUT2D eigenvalue weighted by atomic mass is 10.0. The van der Waals surface area contributed by atoms with E-state index < -0.39 is 11.7 Å². The molecule has 0 spiro atoms. The second-order valence-corrected chi connectivity index (χ2v) is 5.52. The molecule has 2 aromatic rings. The van der Waals surface area contributed by atoms with Crippen LogP contribution in [0.4, 0.5) is 13.2 Å². The summed E-state index contributed by atoms with van der Waals surface area (Å²) in [5, 5.41) is 0. The van der Waals surface area contributed by atoms with Crippen molar-refractivity contribution in [2.75, 3.05) is 0 Å². The van der Waals surface area contributed by atoms with Gasteiger partial charge in [-0.3, -0.25) is 4.79 Å². The molecular formula is C16H12BrF3O. The number of benzene rings is 2. The Morgan fingerprint density at radius 1 is 1.10 bits per heavy atom. The first kappa shape index (κ1) is 15.8. The van der Waals surface area contributed by atoms with Gasteiger partial charge in [0.15, 0.2) is 5.78 Å². The van der Waals surface area contributed by atoms with Crippen molar-refractivity contribution in [1.29, 1.82) is 0 Å². The molecule has 0 aliphatic heterocycles. The largest absolute Gasteiger partial charge is 0.416 e. The Labute approximate surface area is 128 Å². The van der Waals surface area contributed by atoms with E-state index in [1.54, 1.807) is 12.1 Å². The van der Waals surface area contributed by atoms with Crippen LogP contribution < -0.4 is 0 Å². The molecule has 0 bridgehead atoms. The lowest BCUT2D eigenvalue weighted by Gasteiger charge is -2.08. The van der Waals surface area contributed by atoms with E-state index in [2.05, 4.69) is 15.9 Å². The van der Waals surface area contributed by atoms with Gasteiger partial charge in [-0.25, -0.2) is 0 Å². The zero-order chi connectivity index (χ0) is 15.6. The number of halogens is 4. The van der Waals surface area contributed by atoms with E-state index in [-0.39, 0.29) is 12.2 Å². The summed E-state index contributed by atoms with van der Waals surface area (Å²) < 4.78 is 38.1. The van der Waals surface area contributed by atoms with E-state index in [1.807, 2.05) is 13.0 Å². The third-order valence-electron chi connectivity index (χ3n) is 3.14. The Bertz CT molecular complexity index is 660. The standard InChI is InChI=1S/C16H12BrF3O/c1-10-3-2-4-13(15(10)17)14(21)9-11-5-7-12(8-6-11)16(18,19)20/h2-8H,9H2,1H3. The quantitative estimate of drug-likeness (QED) is 0.690. The Hall–Kier alpha value is -1.62. The molecule has 5 heteroatoms. The molecule has 21 heavy (non-hydrogen) atoms. The summed E-state index contributed by atoms with van der Waals surface area (Å²) in [6, 6.07) is 10.0. The number of carbonyl (C=O) groups excluding carboxylic acids is 1. The molecular weight excluding hydrogens is 345 g/mol. The van der Waals surface area contributed by atoms with Gasteiger partial charge in [-0.2, -0.15) is 13.2 Å². The summed E-state index contributed by atoms with van der Waals surface area (Å²) in [4.78, 5) is 12.2. The van der Waals surface area contributed by atoms with E-state index in [0.29, 0.717) is 11.1 Å². The molecule has 0 fully saturated rings. The molecule has 0 heterocycles. The lowest BCUT2D eigenvalue weighted by molar-refractivity contribution is -0.137. The summed E-state index contributed by atoms with van der Waals surface area (Å²) in [7, 11) is 0. The van der Waals surface area contributed by atoms with Gasteiger partial charge >= 0.3 is 6.18 Å². The molecule has 0 radical (unpaired) electrons. The molecule has 0 aromatic heterocycles. The number of carbonyl (C=O) groups is 1. The van der Waals surface area contributed by atoms with Gasteiger partial charge < -0.3 is 0 Å². The summed E-state index contributed by atoms with van der Waals surface area (Å²) in [6.07, 6.45) is -4.29. The highest BCUT2D eigenvalue weighted by Crippen LogP contribution is 2.29. The molecule has 0 saturated carbocycles. The van der Waals surface area contributed by atoms with Crippen LogP contribution in [0.2, 0.25) is 0 Å².